The summed E-state index contributed by atoms with van der Waals surface area (Å²) >= 11 is 0. The van der Waals surface area contributed by atoms with E-state index in [1.54, 1.807) is 84.1 Å². The fraction of sp³-hybridized carbons (Fsp3) is 0.588. The van der Waals surface area contributed by atoms with Crippen LogP contribution in [0.4, 0.5) is 0 Å². The summed E-state index contributed by atoms with van der Waals surface area (Å²) in [7, 11) is 15.4. The zero-order valence-electron chi connectivity index (χ0n) is 68.7. The molecule has 15 nitrogen and oxygen atoms in total. The van der Waals surface area contributed by atoms with Crippen LogP contribution in [0.5, 0.6) is 0 Å². The Balaban J connectivity index is 0.00000118. The number of ether oxygens (including phenoxy) is 10. The SMILES string of the molecule is CC(C)(C)OC(=O)c1ccccc1.CC1(OC(=O)c2ccccc2)CC2CCC1C2.CC1(OC(=O)c2ccccc2)CCCC1.CC1(OC(=O)c2ccccc2)CCCCC1.CCC(C)(C)OC(=O)c1ccccc1.COCCC[SiH3].COCCC[SiH3].COCCC[SiH3].COCCC[SiH3].COCCC[SiH3]. The fourth-order valence-electron chi connectivity index (χ4n) is 11.2. The summed E-state index contributed by atoms with van der Waals surface area (Å²) in [6, 6.07) is 52.6. The van der Waals surface area contributed by atoms with Crippen molar-refractivity contribution in [2.24, 2.45) is 11.8 Å². The number of fused-ring (bicyclic) bond motifs is 2. The lowest BCUT2D eigenvalue weighted by atomic mass is 9.85. The van der Waals surface area contributed by atoms with Gasteiger partial charge in [-0.3, -0.25) is 0 Å². The van der Waals surface area contributed by atoms with Crippen molar-refractivity contribution in [3.8, 4) is 0 Å². The van der Waals surface area contributed by atoms with Crippen LogP contribution in [-0.2, 0) is 47.4 Å². The number of esters is 5. The molecule has 4 fully saturated rings. The molecule has 4 saturated carbocycles. The first-order chi connectivity index (χ1) is 50.2. The molecule has 3 unspecified atom stereocenters. The van der Waals surface area contributed by atoms with Crippen LogP contribution in [0.1, 0.15) is 236 Å². The largest absolute Gasteiger partial charge is 0.456 e. The van der Waals surface area contributed by atoms with Crippen LogP contribution in [0.2, 0.25) is 30.2 Å². The third-order valence-corrected chi connectivity index (χ3v) is 21.4. The first-order valence-corrected chi connectivity index (χ1v) is 46.1. The van der Waals surface area contributed by atoms with Gasteiger partial charge < -0.3 is 47.4 Å². The predicted octanol–water partition coefficient (Wildman–Crippen LogP) is 14.9. The molecule has 3 atom stereocenters. The van der Waals surface area contributed by atoms with Crippen molar-refractivity contribution in [1.82, 2.24) is 0 Å². The summed E-state index contributed by atoms with van der Waals surface area (Å²) in [4.78, 5) is 58.8. The normalized spacial score (nSPS) is 16.8. The molecule has 0 spiro atoms. The second-order valence-electron chi connectivity index (χ2n) is 29.3. The Labute approximate surface area is 651 Å². The number of methoxy groups -OCH3 is 5. The molecular weight excluding hydrogens is 1400 g/mol. The molecule has 0 heterocycles. The molecule has 5 aromatic carbocycles. The molecule has 0 saturated heterocycles. The third-order valence-electron chi connectivity index (χ3n) is 17.9. The highest BCUT2D eigenvalue weighted by molar-refractivity contribution is 6.09. The minimum Gasteiger partial charge on any atom is -0.456 e. The Bertz CT molecular complexity index is 2870. The number of rotatable bonds is 25. The molecule has 0 N–H and O–H groups in total. The molecule has 592 valence electrons. The lowest BCUT2D eigenvalue weighted by Crippen LogP contribution is -2.37. The van der Waals surface area contributed by atoms with Crippen molar-refractivity contribution >= 4 is 81.1 Å². The van der Waals surface area contributed by atoms with Gasteiger partial charge in [0.15, 0.2) is 0 Å². The smallest absolute Gasteiger partial charge is 0.338 e. The van der Waals surface area contributed by atoms with Gasteiger partial charge in [-0.1, -0.05) is 135 Å². The van der Waals surface area contributed by atoms with E-state index < -0.39 is 5.60 Å². The van der Waals surface area contributed by atoms with E-state index in [1.165, 1.54) is 165 Å². The maximum Gasteiger partial charge on any atom is 0.338 e. The Morgan fingerprint density at radius 1 is 0.381 bits per heavy atom. The highest BCUT2D eigenvalue weighted by Crippen LogP contribution is 2.52. The van der Waals surface area contributed by atoms with E-state index >= 15 is 0 Å². The van der Waals surface area contributed by atoms with Gasteiger partial charge in [0, 0.05) is 120 Å². The van der Waals surface area contributed by atoms with Gasteiger partial charge in [-0.25, -0.2) is 24.0 Å². The first kappa shape index (κ1) is 99.3. The first-order valence-electron chi connectivity index (χ1n) is 39.0. The van der Waals surface area contributed by atoms with Crippen LogP contribution < -0.4 is 0 Å². The number of benzene rings is 5. The second-order valence-corrected chi connectivity index (χ2v) is 34.3. The Morgan fingerprint density at radius 3 is 0.876 bits per heavy atom. The van der Waals surface area contributed by atoms with Crippen molar-refractivity contribution in [2.75, 3.05) is 68.6 Å². The van der Waals surface area contributed by atoms with Gasteiger partial charge in [0.1, 0.15) is 28.0 Å². The zero-order valence-corrected chi connectivity index (χ0v) is 78.7. The molecule has 5 aromatic rings. The highest BCUT2D eigenvalue weighted by atomic mass is 28.2. The quantitative estimate of drug-likeness (QED) is 0.0233. The van der Waals surface area contributed by atoms with Crippen molar-refractivity contribution in [3.05, 3.63) is 179 Å². The summed E-state index contributed by atoms with van der Waals surface area (Å²) < 4.78 is 51.5. The molecule has 4 aliphatic rings. The van der Waals surface area contributed by atoms with Crippen LogP contribution in [0, 0.1) is 11.8 Å². The number of hydrogen-bond donors (Lipinski definition) is 0. The van der Waals surface area contributed by atoms with E-state index in [-0.39, 0.29) is 52.3 Å². The predicted molar refractivity (Wildman–Crippen MR) is 452 cm³/mol. The summed E-state index contributed by atoms with van der Waals surface area (Å²) in [6.07, 6.45) is 21.8. The van der Waals surface area contributed by atoms with Crippen LogP contribution in [0.25, 0.3) is 0 Å². The molecule has 0 aliphatic heterocycles. The maximum absolute atomic E-state index is 12.1. The summed E-state index contributed by atoms with van der Waals surface area (Å²) in [6.45, 7) is 22.3. The van der Waals surface area contributed by atoms with Crippen LogP contribution in [-0.4, -0.2) is 178 Å². The Hall–Kier alpha value is -5.67. The van der Waals surface area contributed by atoms with E-state index in [1.807, 2.05) is 159 Å². The van der Waals surface area contributed by atoms with E-state index in [0.717, 1.165) is 77.5 Å². The van der Waals surface area contributed by atoms with Crippen LogP contribution in [0.15, 0.2) is 152 Å². The number of carbonyl (C=O) groups excluding carboxylic acids is 5. The standard InChI is InChI=1S/C15H18O2.C14H18O2.C13H16O2.C12H16O2.C11H14O2.5C4H12OSi/c1-15(10-11-7-8-13(15)9-11)17-14(16)12-5-3-2-4-6-12;1-14(10-6-3-7-11-14)16-13(15)12-8-4-2-5-9-12;1-13(9-5-6-10-13)15-12(14)11-7-3-2-4-8-11;1-4-12(2,3)14-11(13)10-8-6-5-7-9-10;1-11(2,3)13-10(12)9-7-5-4-6-8-9;5*1-5-3-2-4-6/h2-6,11,13H,7-10H2,1H3;2,4-5,8-9H,3,6-7,10-11H2,1H3;2-4,7-8H,5-6,9-10H2,1H3;5-9H,4H2,1-3H3;4-8H,1-3H3;5*2-4H2,1,6H3. The van der Waals surface area contributed by atoms with Crippen molar-refractivity contribution < 1.29 is 71.3 Å². The fourth-order valence-corrected chi connectivity index (χ4v) is 12.6. The van der Waals surface area contributed by atoms with Crippen LogP contribution in [0.3, 0.4) is 0 Å². The monoisotopic (exact) mass is 1540 g/mol. The minimum atomic E-state index is -0.424. The van der Waals surface area contributed by atoms with E-state index in [0.29, 0.717) is 33.7 Å². The molecule has 0 radical (unpaired) electrons. The second kappa shape index (κ2) is 60.3. The average molecular weight is 1540 g/mol. The lowest BCUT2D eigenvalue weighted by Gasteiger charge is -2.33. The molecule has 9 rings (SSSR count). The number of hydrogen-bond acceptors (Lipinski definition) is 15. The molecule has 105 heavy (non-hydrogen) atoms. The average Bonchev–Trinajstić information content (AvgIpc) is 1.64. The van der Waals surface area contributed by atoms with Gasteiger partial charge in [-0.15, -0.1) is 0 Å². The Morgan fingerprint density at radius 2 is 0.648 bits per heavy atom. The van der Waals surface area contributed by atoms with E-state index in [4.69, 9.17) is 47.4 Å². The lowest BCUT2D eigenvalue weighted by molar-refractivity contribution is -0.0371. The van der Waals surface area contributed by atoms with Crippen LogP contribution >= 0.6 is 0 Å². The third kappa shape index (κ3) is 49.1. The van der Waals surface area contributed by atoms with Gasteiger partial charge in [-0.05, 0) is 243 Å². The van der Waals surface area contributed by atoms with Crippen molar-refractivity contribution in [3.63, 3.8) is 0 Å². The maximum atomic E-state index is 12.1. The van der Waals surface area contributed by atoms with E-state index in [2.05, 4.69) is 6.92 Å². The molecule has 4 aliphatic carbocycles. The minimum absolute atomic E-state index is 0.166. The van der Waals surface area contributed by atoms with Crippen molar-refractivity contribution in [2.45, 2.75) is 243 Å². The number of carbonyl (C=O) groups is 5. The summed E-state index contributed by atoms with van der Waals surface area (Å²) in [5.41, 5.74) is 1.66. The molecule has 0 amide bonds. The summed E-state index contributed by atoms with van der Waals surface area (Å²) in [5, 5.41) is 0. The highest BCUT2D eigenvalue weighted by Gasteiger charge is 2.50. The van der Waals surface area contributed by atoms with E-state index in [9.17, 15) is 24.0 Å². The van der Waals surface area contributed by atoms with Gasteiger partial charge in [0.05, 0.1) is 27.8 Å². The van der Waals surface area contributed by atoms with Gasteiger partial charge in [-0.2, -0.15) is 0 Å². The molecule has 2 bridgehead atoms. The summed E-state index contributed by atoms with van der Waals surface area (Å²) in [5.74, 6) is 0.296. The Kier molecular flexibility index (Phi) is 57.0. The van der Waals surface area contributed by atoms with Crippen molar-refractivity contribution in [1.29, 1.82) is 0 Å². The zero-order chi connectivity index (χ0) is 78.7. The molecule has 0 aromatic heterocycles. The topological polar surface area (TPSA) is 178 Å². The van der Waals surface area contributed by atoms with Gasteiger partial charge in [0.2, 0.25) is 0 Å². The molecular formula is C85H142O15Si5. The van der Waals surface area contributed by atoms with Gasteiger partial charge in [0.25, 0.3) is 0 Å². The molecule has 20 heteroatoms. The van der Waals surface area contributed by atoms with Gasteiger partial charge >= 0.3 is 29.8 Å².